The van der Waals surface area contributed by atoms with E-state index in [1.54, 1.807) is 0 Å². The maximum Gasteiger partial charge on any atom is 0.573 e. The molecule has 3 N–H and O–H groups in total. The van der Waals surface area contributed by atoms with Gasteiger partial charge >= 0.3 is 12.3 Å². The lowest BCUT2D eigenvalue weighted by atomic mass is 10.0. The van der Waals surface area contributed by atoms with E-state index in [0.29, 0.717) is 0 Å². The molecule has 5 nitrogen and oxygen atoms in total. The van der Waals surface area contributed by atoms with E-state index in [-0.39, 0.29) is 10.0 Å². The quantitative estimate of drug-likeness (QED) is 0.775. The zero-order chi connectivity index (χ0) is 14.8. The molecule has 0 radical (unpaired) electrons. The van der Waals surface area contributed by atoms with Crippen molar-refractivity contribution < 1.29 is 38.0 Å². The van der Waals surface area contributed by atoms with Crippen LogP contribution in [0.1, 0.15) is 11.7 Å². The Bertz CT molecular complexity index is 477. The average molecular weight is 345 g/mol. The van der Waals surface area contributed by atoms with Gasteiger partial charge in [0.2, 0.25) is 0 Å². The smallest absolute Gasteiger partial charge is 0.479 e. The molecule has 2 atom stereocenters. The molecule has 0 aliphatic heterocycles. The lowest BCUT2D eigenvalue weighted by Gasteiger charge is -2.17. The Labute approximate surface area is 113 Å². The predicted octanol–water partition coefficient (Wildman–Crippen LogP) is 1.83. The van der Waals surface area contributed by atoms with E-state index >= 15 is 0 Å². The van der Waals surface area contributed by atoms with Gasteiger partial charge in [-0.2, -0.15) is 0 Å². The predicted molar refractivity (Wildman–Crippen MR) is 59.4 cm³/mol. The van der Waals surface area contributed by atoms with Crippen LogP contribution in [0.25, 0.3) is 0 Å². The summed E-state index contributed by atoms with van der Waals surface area (Å²) in [6.45, 7) is 0. The largest absolute Gasteiger partial charge is 0.573 e. The Balaban J connectivity index is 2.97. The highest BCUT2D eigenvalue weighted by Crippen LogP contribution is 2.31. The van der Waals surface area contributed by atoms with Crippen molar-refractivity contribution >= 4 is 21.9 Å². The van der Waals surface area contributed by atoms with Crippen LogP contribution in [0.3, 0.4) is 0 Å². The summed E-state index contributed by atoms with van der Waals surface area (Å²) in [5.41, 5.74) is -0.0792. The van der Waals surface area contributed by atoms with E-state index < -0.39 is 30.3 Å². The molecular weight excluding hydrogens is 337 g/mol. The fourth-order valence-corrected chi connectivity index (χ4v) is 1.84. The second-order valence-electron chi connectivity index (χ2n) is 3.46. The topological polar surface area (TPSA) is 87.0 Å². The molecular formula is C10H8BrF3O5. The van der Waals surface area contributed by atoms with E-state index in [2.05, 4.69) is 20.7 Å². The number of hydrogen-bond donors (Lipinski definition) is 3. The third kappa shape index (κ3) is 4.37. The van der Waals surface area contributed by atoms with Gasteiger partial charge in [-0.3, -0.25) is 0 Å². The van der Waals surface area contributed by atoms with Crippen molar-refractivity contribution in [2.24, 2.45) is 0 Å². The van der Waals surface area contributed by atoms with Crippen LogP contribution < -0.4 is 4.74 Å². The molecule has 0 heterocycles. The number of carboxylic acids is 1. The summed E-state index contributed by atoms with van der Waals surface area (Å²) in [4.78, 5) is 10.5. The van der Waals surface area contributed by atoms with Crippen molar-refractivity contribution in [2.75, 3.05) is 0 Å². The van der Waals surface area contributed by atoms with Gasteiger partial charge in [-0.05, 0) is 17.7 Å². The SMILES string of the molecule is O=C(O)C(O)C(O)c1ccc(OC(F)(F)F)cc1Br. The minimum atomic E-state index is -4.86. The van der Waals surface area contributed by atoms with Gasteiger partial charge in [0.15, 0.2) is 6.10 Å². The Morgan fingerprint density at radius 2 is 1.89 bits per heavy atom. The van der Waals surface area contributed by atoms with Gasteiger partial charge in [0.1, 0.15) is 11.9 Å². The van der Waals surface area contributed by atoms with Gasteiger partial charge in [-0.1, -0.05) is 22.0 Å². The molecule has 0 aromatic heterocycles. The zero-order valence-corrected chi connectivity index (χ0v) is 10.6. The number of carboxylic acid groups (broad SMARTS) is 1. The van der Waals surface area contributed by atoms with Crippen molar-refractivity contribution in [3.8, 4) is 5.75 Å². The first-order valence-corrected chi connectivity index (χ1v) is 5.55. The molecule has 0 bridgehead atoms. The Hall–Kier alpha value is -1.32. The Kier molecular flexibility index (Phi) is 4.77. The second kappa shape index (κ2) is 5.76. The van der Waals surface area contributed by atoms with Crippen molar-refractivity contribution in [1.29, 1.82) is 0 Å². The van der Waals surface area contributed by atoms with Crippen molar-refractivity contribution in [3.63, 3.8) is 0 Å². The normalized spacial score (nSPS) is 14.8. The van der Waals surface area contributed by atoms with E-state index in [1.165, 1.54) is 0 Å². The Morgan fingerprint density at radius 1 is 1.32 bits per heavy atom. The number of halogens is 4. The number of carbonyl (C=O) groups is 1. The van der Waals surface area contributed by atoms with Crippen LogP contribution in [-0.4, -0.2) is 33.8 Å². The first-order valence-electron chi connectivity index (χ1n) is 4.76. The molecule has 19 heavy (non-hydrogen) atoms. The van der Waals surface area contributed by atoms with Gasteiger partial charge in [0.25, 0.3) is 0 Å². The highest BCUT2D eigenvalue weighted by atomic mass is 79.9. The molecule has 106 valence electrons. The maximum atomic E-state index is 12.0. The van der Waals surface area contributed by atoms with Gasteiger partial charge in [0.05, 0.1) is 0 Å². The summed E-state index contributed by atoms with van der Waals surface area (Å²) in [5.74, 6) is -2.20. The Morgan fingerprint density at radius 3 is 2.32 bits per heavy atom. The van der Waals surface area contributed by atoms with Gasteiger partial charge in [-0.15, -0.1) is 13.2 Å². The molecule has 0 fully saturated rings. The summed E-state index contributed by atoms with van der Waals surface area (Å²) in [6.07, 6.45) is -8.74. The maximum absolute atomic E-state index is 12.0. The standard InChI is InChI=1S/C10H8BrF3O5/c11-6-3-4(19-10(12,13)14)1-2-5(6)7(15)8(16)9(17)18/h1-3,7-8,15-16H,(H,17,18). The zero-order valence-electron chi connectivity index (χ0n) is 9.06. The number of ether oxygens (including phenoxy) is 1. The monoisotopic (exact) mass is 344 g/mol. The number of benzene rings is 1. The number of aliphatic hydroxyl groups is 2. The van der Waals surface area contributed by atoms with Crippen LogP contribution in [-0.2, 0) is 4.79 Å². The number of aliphatic carboxylic acids is 1. The summed E-state index contributed by atoms with van der Waals surface area (Å²) >= 11 is 2.86. The van der Waals surface area contributed by atoms with Crippen LogP contribution in [0.2, 0.25) is 0 Å². The van der Waals surface area contributed by atoms with Crippen LogP contribution in [0.15, 0.2) is 22.7 Å². The molecule has 0 saturated carbocycles. The molecule has 9 heteroatoms. The van der Waals surface area contributed by atoms with Crippen molar-refractivity contribution in [1.82, 2.24) is 0 Å². The number of aliphatic hydroxyl groups excluding tert-OH is 2. The molecule has 0 aliphatic rings. The number of rotatable bonds is 4. The third-order valence-electron chi connectivity index (χ3n) is 2.08. The van der Waals surface area contributed by atoms with Gasteiger partial charge in [-0.25, -0.2) is 4.79 Å². The van der Waals surface area contributed by atoms with Crippen LogP contribution in [0.5, 0.6) is 5.75 Å². The third-order valence-corrected chi connectivity index (χ3v) is 2.76. The highest BCUT2D eigenvalue weighted by molar-refractivity contribution is 9.10. The highest BCUT2D eigenvalue weighted by Gasteiger charge is 2.32. The minimum Gasteiger partial charge on any atom is -0.479 e. The molecule has 1 aromatic carbocycles. The van der Waals surface area contributed by atoms with Gasteiger partial charge < -0.3 is 20.1 Å². The fourth-order valence-electron chi connectivity index (χ4n) is 1.25. The van der Waals surface area contributed by atoms with E-state index in [9.17, 15) is 23.1 Å². The lowest BCUT2D eigenvalue weighted by Crippen LogP contribution is -2.27. The molecule has 0 spiro atoms. The molecule has 1 aromatic rings. The first-order chi connectivity index (χ1) is 8.61. The molecule has 0 saturated heterocycles. The molecule has 0 amide bonds. The molecule has 2 unspecified atom stereocenters. The van der Waals surface area contributed by atoms with Crippen LogP contribution >= 0.6 is 15.9 Å². The summed E-state index contributed by atoms with van der Waals surface area (Å²) in [5, 5.41) is 27.2. The average Bonchev–Trinajstić information content (AvgIpc) is 2.25. The summed E-state index contributed by atoms with van der Waals surface area (Å²) < 4.78 is 39.5. The van der Waals surface area contributed by atoms with Gasteiger partial charge in [0, 0.05) is 4.47 Å². The summed E-state index contributed by atoms with van der Waals surface area (Å²) in [7, 11) is 0. The number of hydrogen-bond acceptors (Lipinski definition) is 4. The first kappa shape index (κ1) is 15.7. The molecule has 0 aliphatic carbocycles. The van der Waals surface area contributed by atoms with E-state index in [1.807, 2.05) is 0 Å². The van der Waals surface area contributed by atoms with Crippen molar-refractivity contribution in [2.45, 2.75) is 18.6 Å². The fraction of sp³-hybridized carbons (Fsp3) is 0.300. The van der Waals surface area contributed by atoms with Crippen LogP contribution in [0.4, 0.5) is 13.2 Å². The van der Waals surface area contributed by atoms with E-state index in [4.69, 9.17) is 10.2 Å². The number of alkyl halides is 3. The molecule has 1 rings (SSSR count). The lowest BCUT2D eigenvalue weighted by molar-refractivity contribution is -0.274. The van der Waals surface area contributed by atoms with E-state index in [0.717, 1.165) is 18.2 Å². The minimum absolute atomic E-state index is 0.0259. The second-order valence-corrected chi connectivity index (χ2v) is 4.31. The van der Waals surface area contributed by atoms with Crippen molar-refractivity contribution in [3.05, 3.63) is 28.2 Å². The van der Waals surface area contributed by atoms with Crippen LogP contribution in [0, 0.1) is 0 Å². The summed E-state index contributed by atoms with van der Waals surface area (Å²) in [6, 6.07) is 2.81.